The Kier molecular flexibility index (Phi) is 2.80. The number of allylic oxidation sites excluding steroid dienone is 2. The highest BCUT2D eigenvalue weighted by molar-refractivity contribution is 6.00. The summed E-state index contributed by atoms with van der Waals surface area (Å²) < 4.78 is 4.75. The Morgan fingerprint density at radius 2 is 2.33 bits per heavy atom. The minimum atomic E-state index is -0.360. The Hall–Kier alpha value is -1.38. The van der Waals surface area contributed by atoms with Gasteiger partial charge in [0.05, 0.1) is 12.2 Å². The summed E-state index contributed by atoms with van der Waals surface area (Å²) in [6.45, 7) is 2.11. The van der Waals surface area contributed by atoms with Crippen molar-refractivity contribution in [2.75, 3.05) is 6.61 Å². The van der Waals surface area contributed by atoms with Gasteiger partial charge in [0.25, 0.3) is 0 Å². The second kappa shape index (κ2) is 3.85. The van der Waals surface area contributed by atoms with Crippen molar-refractivity contribution in [2.24, 2.45) is 0 Å². The van der Waals surface area contributed by atoms with E-state index in [0.717, 1.165) is 0 Å². The third-order valence-electron chi connectivity index (χ3n) is 1.48. The van der Waals surface area contributed by atoms with E-state index in [-0.39, 0.29) is 11.8 Å². The SMILES string of the molecule is CCOC(=O)C1=CCC(=O)C=C1. The number of esters is 1. The summed E-state index contributed by atoms with van der Waals surface area (Å²) in [7, 11) is 0. The summed E-state index contributed by atoms with van der Waals surface area (Å²) in [5.74, 6) is -0.343. The molecule has 0 saturated carbocycles. The first kappa shape index (κ1) is 8.71. The number of ketones is 1. The van der Waals surface area contributed by atoms with Gasteiger partial charge in [-0.15, -0.1) is 0 Å². The Labute approximate surface area is 70.7 Å². The van der Waals surface area contributed by atoms with Crippen molar-refractivity contribution in [3.05, 3.63) is 23.8 Å². The van der Waals surface area contributed by atoms with Crippen molar-refractivity contribution in [1.82, 2.24) is 0 Å². The zero-order chi connectivity index (χ0) is 8.97. The lowest BCUT2D eigenvalue weighted by atomic mass is 10.1. The summed E-state index contributed by atoms with van der Waals surface area (Å²) in [5.41, 5.74) is 0.469. The monoisotopic (exact) mass is 166 g/mol. The van der Waals surface area contributed by atoms with E-state index in [1.165, 1.54) is 12.2 Å². The predicted molar refractivity (Wildman–Crippen MR) is 43.5 cm³/mol. The maximum atomic E-state index is 11.1. The highest BCUT2D eigenvalue weighted by Crippen LogP contribution is 2.08. The molecule has 0 spiro atoms. The van der Waals surface area contributed by atoms with E-state index in [2.05, 4.69) is 0 Å². The lowest BCUT2D eigenvalue weighted by Crippen LogP contribution is -2.09. The first-order valence-electron chi connectivity index (χ1n) is 3.82. The van der Waals surface area contributed by atoms with Gasteiger partial charge in [-0.3, -0.25) is 4.79 Å². The second-order valence-electron chi connectivity index (χ2n) is 2.38. The molecule has 0 aromatic carbocycles. The van der Waals surface area contributed by atoms with Crippen LogP contribution in [-0.4, -0.2) is 18.4 Å². The molecular formula is C9H10O3. The van der Waals surface area contributed by atoms with E-state index in [4.69, 9.17) is 4.74 Å². The van der Waals surface area contributed by atoms with Crippen molar-refractivity contribution >= 4 is 11.8 Å². The summed E-state index contributed by atoms with van der Waals surface area (Å²) in [4.78, 5) is 21.8. The van der Waals surface area contributed by atoms with Crippen LogP contribution in [0, 0.1) is 0 Å². The Balaban J connectivity index is 2.60. The Morgan fingerprint density at radius 3 is 2.83 bits per heavy atom. The van der Waals surface area contributed by atoms with Gasteiger partial charge in [0.1, 0.15) is 0 Å². The van der Waals surface area contributed by atoms with Crippen LogP contribution < -0.4 is 0 Å². The smallest absolute Gasteiger partial charge is 0.337 e. The van der Waals surface area contributed by atoms with Crippen molar-refractivity contribution in [3.8, 4) is 0 Å². The van der Waals surface area contributed by atoms with E-state index >= 15 is 0 Å². The van der Waals surface area contributed by atoms with Gasteiger partial charge in [-0.1, -0.05) is 6.08 Å². The molecular weight excluding hydrogens is 156 g/mol. The topological polar surface area (TPSA) is 43.4 Å². The molecule has 0 heterocycles. The van der Waals surface area contributed by atoms with Gasteiger partial charge < -0.3 is 4.74 Å². The lowest BCUT2D eigenvalue weighted by Gasteiger charge is -2.04. The molecule has 0 N–H and O–H groups in total. The molecule has 0 aromatic heterocycles. The van der Waals surface area contributed by atoms with Crippen LogP contribution in [0.15, 0.2) is 23.8 Å². The molecule has 1 aliphatic rings. The van der Waals surface area contributed by atoms with Gasteiger partial charge in [0.15, 0.2) is 5.78 Å². The van der Waals surface area contributed by atoms with E-state index in [1.54, 1.807) is 13.0 Å². The fourth-order valence-electron chi connectivity index (χ4n) is 0.895. The van der Waals surface area contributed by atoms with Gasteiger partial charge in [0, 0.05) is 6.42 Å². The van der Waals surface area contributed by atoms with Gasteiger partial charge in [-0.2, -0.15) is 0 Å². The fraction of sp³-hybridized carbons (Fsp3) is 0.333. The molecule has 64 valence electrons. The Bertz CT molecular complexity index is 261. The quantitative estimate of drug-likeness (QED) is 0.575. The van der Waals surface area contributed by atoms with Crippen LogP contribution in [0.3, 0.4) is 0 Å². The minimum Gasteiger partial charge on any atom is -0.462 e. The summed E-state index contributed by atoms with van der Waals surface area (Å²) in [6.07, 6.45) is 4.76. The number of carbonyl (C=O) groups excluding carboxylic acids is 2. The molecule has 12 heavy (non-hydrogen) atoms. The van der Waals surface area contributed by atoms with Crippen molar-refractivity contribution in [2.45, 2.75) is 13.3 Å². The highest BCUT2D eigenvalue weighted by Gasteiger charge is 2.11. The van der Waals surface area contributed by atoms with E-state index < -0.39 is 0 Å². The number of ether oxygens (including phenoxy) is 1. The summed E-state index contributed by atoms with van der Waals surface area (Å²) in [5, 5.41) is 0. The Morgan fingerprint density at radius 1 is 1.58 bits per heavy atom. The third kappa shape index (κ3) is 2.05. The zero-order valence-electron chi connectivity index (χ0n) is 6.87. The third-order valence-corrected chi connectivity index (χ3v) is 1.48. The molecule has 0 unspecified atom stereocenters. The number of hydrogen-bond acceptors (Lipinski definition) is 3. The molecule has 0 atom stereocenters. The molecule has 0 radical (unpaired) electrons. The van der Waals surface area contributed by atoms with Gasteiger partial charge in [-0.05, 0) is 19.1 Å². The van der Waals surface area contributed by atoms with Gasteiger partial charge >= 0.3 is 5.97 Å². The molecule has 0 bridgehead atoms. The van der Waals surface area contributed by atoms with Crippen LogP contribution >= 0.6 is 0 Å². The molecule has 1 aliphatic carbocycles. The average molecular weight is 166 g/mol. The number of rotatable bonds is 2. The molecule has 3 nitrogen and oxygen atoms in total. The summed E-state index contributed by atoms with van der Waals surface area (Å²) in [6, 6.07) is 0. The zero-order valence-corrected chi connectivity index (χ0v) is 6.87. The number of carbonyl (C=O) groups is 2. The first-order valence-corrected chi connectivity index (χ1v) is 3.82. The highest BCUT2D eigenvalue weighted by atomic mass is 16.5. The normalized spacial score (nSPS) is 15.8. The summed E-state index contributed by atoms with van der Waals surface area (Å²) >= 11 is 0. The van der Waals surface area contributed by atoms with Crippen LogP contribution in [0.2, 0.25) is 0 Å². The predicted octanol–water partition coefficient (Wildman–Crippen LogP) is 1.00. The van der Waals surface area contributed by atoms with Gasteiger partial charge in [-0.25, -0.2) is 4.79 Å². The van der Waals surface area contributed by atoms with E-state index in [9.17, 15) is 9.59 Å². The van der Waals surface area contributed by atoms with Crippen LogP contribution in [-0.2, 0) is 14.3 Å². The van der Waals surface area contributed by atoms with Crippen LogP contribution in [0.1, 0.15) is 13.3 Å². The van der Waals surface area contributed by atoms with Crippen LogP contribution in [0.4, 0.5) is 0 Å². The average Bonchev–Trinajstić information content (AvgIpc) is 2.06. The van der Waals surface area contributed by atoms with Gasteiger partial charge in [0.2, 0.25) is 0 Å². The maximum Gasteiger partial charge on any atom is 0.337 e. The van der Waals surface area contributed by atoms with E-state index in [0.29, 0.717) is 18.6 Å². The first-order chi connectivity index (χ1) is 5.74. The molecule has 1 rings (SSSR count). The van der Waals surface area contributed by atoms with Crippen molar-refractivity contribution in [3.63, 3.8) is 0 Å². The second-order valence-corrected chi connectivity index (χ2v) is 2.38. The molecule has 3 heteroatoms. The molecule has 0 aromatic rings. The fourth-order valence-corrected chi connectivity index (χ4v) is 0.895. The molecule has 0 fully saturated rings. The van der Waals surface area contributed by atoms with E-state index in [1.807, 2.05) is 0 Å². The number of hydrogen-bond donors (Lipinski definition) is 0. The minimum absolute atomic E-state index is 0.0167. The molecule has 0 saturated heterocycles. The molecule has 0 aliphatic heterocycles. The lowest BCUT2D eigenvalue weighted by molar-refractivity contribution is -0.138. The largest absolute Gasteiger partial charge is 0.462 e. The molecule has 0 amide bonds. The van der Waals surface area contributed by atoms with Crippen molar-refractivity contribution < 1.29 is 14.3 Å². The van der Waals surface area contributed by atoms with Crippen molar-refractivity contribution in [1.29, 1.82) is 0 Å². The maximum absolute atomic E-state index is 11.1. The van der Waals surface area contributed by atoms with Crippen LogP contribution in [0.25, 0.3) is 0 Å². The van der Waals surface area contributed by atoms with Crippen LogP contribution in [0.5, 0.6) is 0 Å². The standard InChI is InChI=1S/C9H10O3/c1-2-12-9(11)7-3-5-8(10)6-4-7/h3-5H,2,6H2,1H3.